The first-order chi connectivity index (χ1) is 9.11. The zero-order valence-corrected chi connectivity index (χ0v) is 12.1. The van der Waals surface area contributed by atoms with E-state index in [2.05, 4.69) is 10.3 Å². The molecule has 0 aliphatic carbocycles. The van der Waals surface area contributed by atoms with Gasteiger partial charge >= 0.3 is 5.97 Å². The zero-order chi connectivity index (χ0) is 13.8. The molecular formula is C13H13ClN2O2S. The van der Waals surface area contributed by atoms with Crippen molar-refractivity contribution in [3.63, 3.8) is 0 Å². The summed E-state index contributed by atoms with van der Waals surface area (Å²) in [5.41, 5.74) is 1.65. The zero-order valence-electron chi connectivity index (χ0n) is 10.6. The molecule has 2 rings (SSSR count). The number of rotatable bonds is 4. The lowest BCUT2D eigenvalue weighted by atomic mass is 10.2. The molecule has 1 heterocycles. The molecule has 0 saturated carbocycles. The second-order valence-corrected chi connectivity index (χ2v) is 5.28. The summed E-state index contributed by atoms with van der Waals surface area (Å²) in [5.74, 6) is -0.360. The van der Waals surface area contributed by atoms with Crippen molar-refractivity contribution < 1.29 is 9.53 Å². The van der Waals surface area contributed by atoms with Crippen molar-refractivity contribution in [1.82, 2.24) is 4.98 Å². The van der Waals surface area contributed by atoms with Crippen molar-refractivity contribution in [2.45, 2.75) is 13.5 Å². The Morgan fingerprint density at radius 3 is 2.89 bits per heavy atom. The molecule has 0 bridgehead atoms. The number of hydrogen-bond donors (Lipinski definition) is 1. The van der Waals surface area contributed by atoms with E-state index >= 15 is 0 Å². The average molecular weight is 297 g/mol. The second-order valence-electron chi connectivity index (χ2n) is 3.87. The van der Waals surface area contributed by atoms with Gasteiger partial charge in [-0.3, -0.25) is 0 Å². The van der Waals surface area contributed by atoms with Gasteiger partial charge in [0.05, 0.1) is 12.8 Å². The third kappa shape index (κ3) is 3.24. The fraction of sp³-hybridized carbons (Fsp3) is 0.231. The van der Waals surface area contributed by atoms with Gasteiger partial charge in [-0.2, -0.15) is 0 Å². The van der Waals surface area contributed by atoms with Gasteiger partial charge in [0.2, 0.25) is 0 Å². The molecule has 6 heteroatoms. The van der Waals surface area contributed by atoms with E-state index in [4.69, 9.17) is 16.3 Å². The Hall–Kier alpha value is -1.59. The van der Waals surface area contributed by atoms with Crippen molar-refractivity contribution in [1.29, 1.82) is 0 Å². The van der Waals surface area contributed by atoms with Crippen LogP contribution in [0.15, 0.2) is 24.3 Å². The predicted molar refractivity (Wildman–Crippen MR) is 77.0 cm³/mol. The summed E-state index contributed by atoms with van der Waals surface area (Å²) >= 11 is 7.35. The number of benzene rings is 1. The second kappa shape index (κ2) is 6.04. The first kappa shape index (κ1) is 13.8. The molecular weight excluding hydrogens is 284 g/mol. The highest BCUT2D eigenvalue weighted by Crippen LogP contribution is 2.24. The number of esters is 1. The van der Waals surface area contributed by atoms with Gasteiger partial charge in [0.15, 0.2) is 5.13 Å². The molecule has 100 valence electrons. The van der Waals surface area contributed by atoms with E-state index in [0.29, 0.717) is 27.3 Å². The molecule has 1 N–H and O–H groups in total. The molecule has 0 aliphatic heterocycles. The van der Waals surface area contributed by atoms with E-state index in [1.54, 1.807) is 6.92 Å². The quantitative estimate of drug-likeness (QED) is 0.877. The Labute approximate surface area is 120 Å². The number of aromatic nitrogens is 1. The minimum atomic E-state index is -0.360. The van der Waals surface area contributed by atoms with Crippen LogP contribution < -0.4 is 5.32 Å². The van der Waals surface area contributed by atoms with Gasteiger partial charge in [-0.05, 0) is 18.6 Å². The van der Waals surface area contributed by atoms with E-state index in [-0.39, 0.29) is 5.97 Å². The maximum Gasteiger partial charge on any atom is 0.350 e. The maximum absolute atomic E-state index is 11.5. The third-order valence-electron chi connectivity index (χ3n) is 2.56. The minimum Gasteiger partial charge on any atom is -0.465 e. The van der Waals surface area contributed by atoms with Crippen molar-refractivity contribution in [2.24, 2.45) is 0 Å². The first-order valence-electron chi connectivity index (χ1n) is 5.65. The molecule has 0 radical (unpaired) electrons. The van der Waals surface area contributed by atoms with E-state index < -0.39 is 0 Å². The number of anilines is 1. The Kier molecular flexibility index (Phi) is 4.39. The molecule has 19 heavy (non-hydrogen) atoms. The lowest BCUT2D eigenvalue weighted by Crippen LogP contribution is -1.99. The molecule has 0 saturated heterocycles. The van der Waals surface area contributed by atoms with E-state index in [1.807, 2.05) is 24.3 Å². The van der Waals surface area contributed by atoms with Crippen LogP contribution in [0.5, 0.6) is 0 Å². The van der Waals surface area contributed by atoms with Gasteiger partial charge in [-0.1, -0.05) is 41.1 Å². The fourth-order valence-corrected chi connectivity index (χ4v) is 2.65. The van der Waals surface area contributed by atoms with Crippen LogP contribution >= 0.6 is 22.9 Å². The third-order valence-corrected chi connectivity index (χ3v) is 4.02. The van der Waals surface area contributed by atoms with Crippen molar-refractivity contribution >= 4 is 34.0 Å². The smallest absolute Gasteiger partial charge is 0.350 e. The van der Waals surface area contributed by atoms with E-state index in [1.165, 1.54) is 18.4 Å². The summed E-state index contributed by atoms with van der Waals surface area (Å²) in [6.45, 7) is 2.34. The van der Waals surface area contributed by atoms with Gasteiger partial charge in [0, 0.05) is 11.6 Å². The van der Waals surface area contributed by atoms with Gasteiger partial charge in [-0.25, -0.2) is 9.78 Å². The number of nitrogens with one attached hydrogen (secondary N) is 1. The number of aryl methyl sites for hydroxylation is 1. The number of ether oxygens (including phenoxy) is 1. The number of thiazole rings is 1. The highest BCUT2D eigenvalue weighted by molar-refractivity contribution is 7.17. The van der Waals surface area contributed by atoms with Gasteiger partial charge < -0.3 is 10.1 Å². The summed E-state index contributed by atoms with van der Waals surface area (Å²) in [6, 6.07) is 7.59. The predicted octanol–water partition coefficient (Wildman–Crippen LogP) is 3.50. The van der Waals surface area contributed by atoms with Crippen LogP contribution in [0.4, 0.5) is 5.13 Å². The van der Waals surface area contributed by atoms with Crippen molar-refractivity contribution in [2.75, 3.05) is 12.4 Å². The molecule has 0 spiro atoms. The summed E-state index contributed by atoms with van der Waals surface area (Å²) in [4.78, 5) is 16.3. The number of hydrogen-bond acceptors (Lipinski definition) is 5. The molecule has 4 nitrogen and oxygen atoms in total. The Morgan fingerprint density at radius 1 is 1.47 bits per heavy atom. The van der Waals surface area contributed by atoms with Crippen LogP contribution in [-0.2, 0) is 11.3 Å². The van der Waals surface area contributed by atoms with Crippen molar-refractivity contribution in [3.05, 3.63) is 45.4 Å². The van der Waals surface area contributed by atoms with Crippen molar-refractivity contribution in [3.8, 4) is 0 Å². The minimum absolute atomic E-state index is 0.360. The summed E-state index contributed by atoms with van der Waals surface area (Å²) in [5, 5.41) is 4.54. The van der Waals surface area contributed by atoms with Crippen LogP contribution in [0.25, 0.3) is 0 Å². The SMILES string of the molecule is COC(=O)c1sc(NCc2ccccc2Cl)nc1C. The van der Waals surface area contributed by atoms with Crippen LogP contribution in [0.1, 0.15) is 20.9 Å². The van der Waals surface area contributed by atoms with E-state index in [0.717, 1.165) is 5.56 Å². The molecule has 0 amide bonds. The molecule has 0 aliphatic rings. The Morgan fingerprint density at radius 2 is 2.21 bits per heavy atom. The molecule has 2 aromatic rings. The highest BCUT2D eigenvalue weighted by Gasteiger charge is 2.15. The molecule has 0 unspecified atom stereocenters. The summed E-state index contributed by atoms with van der Waals surface area (Å²) in [7, 11) is 1.36. The average Bonchev–Trinajstić information content (AvgIpc) is 2.78. The number of methoxy groups -OCH3 is 1. The maximum atomic E-state index is 11.5. The molecule has 1 aromatic carbocycles. The van der Waals surface area contributed by atoms with Crippen LogP contribution in [0.2, 0.25) is 5.02 Å². The Balaban J connectivity index is 2.09. The lowest BCUT2D eigenvalue weighted by Gasteiger charge is -2.04. The van der Waals surface area contributed by atoms with Gasteiger partial charge in [0.1, 0.15) is 4.88 Å². The van der Waals surface area contributed by atoms with Gasteiger partial charge in [0.25, 0.3) is 0 Å². The molecule has 0 fully saturated rings. The van der Waals surface area contributed by atoms with Crippen LogP contribution in [0.3, 0.4) is 0 Å². The number of nitrogens with zero attached hydrogens (tertiary/aromatic N) is 1. The topological polar surface area (TPSA) is 51.2 Å². The lowest BCUT2D eigenvalue weighted by molar-refractivity contribution is 0.0605. The molecule has 0 atom stereocenters. The number of carbonyl (C=O) groups excluding carboxylic acids is 1. The number of halogens is 1. The highest BCUT2D eigenvalue weighted by atomic mass is 35.5. The summed E-state index contributed by atoms with van der Waals surface area (Å²) < 4.78 is 4.69. The van der Waals surface area contributed by atoms with Crippen LogP contribution in [-0.4, -0.2) is 18.1 Å². The standard InChI is InChI=1S/C13H13ClN2O2S/c1-8-11(12(17)18-2)19-13(16-8)15-7-9-5-3-4-6-10(9)14/h3-6H,7H2,1-2H3,(H,15,16). The summed E-state index contributed by atoms with van der Waals surface area (Å²) in [6.07, 6.45) is 0. The van der Waals surface area contributed by atoms with E-state index in [9.17, 15) is 4.79 Å². The Bertz CT molecular complexity index is 598. The molecule has 1 aromatic heterocycles. The fourth-order valence-electron chi connectivity index (χ4n) is 1.57. The largest absolute Gasteiger partial charge is 0.465 e. The van der Waals surface area contributed by atoms with Crippen LogP contribution in [0, 0.1) is 6.92 Å². The normalized spacial score (nSPS) is 10.3. The van der Waals surface area contributed by atoms with Gasteiger partial charge in [-0.15, -0.1) is 0 Å². The number of carbonyl (C=O) groups is 1. The first-order valence-corrected chi connectivity index (χ1v) is 6.84. The monoisotopic (exact) mass is 296 g/mol.